The Bertz CT molecular complexity index is 1060. The van der Waals surface area contributed by atoms with E-state index in [9.17, 15) is 27.9 Å². The molecule has 0 spiro atoms. The van der Waals surface area contributed by atoms with Crippen LogP contribution in [0.15, 0.2) is 18.2 Å². The normalized spacial score (nSPS) is 39.4. The fraction of sp³-hybridized carbons (Fsp3) is 0.652. The lowest BCUT2D eigenvalue weighted by Crippen LogP contribution is -2.84. The molecule has 12 heteroatoms. The van der Waals surface area contributed by atoms with E-state index in [-0.39, 0.29) is 36.6 Å². The highest BCUT2D eigenvalue weighted by molar-refractivity contribution is 6.30. The summed E-state index contributed by atoms with van der Waals surface area (Å²) >= 11 is 5.97. The highest BCUT2D eigenvalue weighted by Crippen LogP contribution is 2.64. The van der Waals surface area contributed by atoms with E-state index < -0.39 is 42.4 Å². The highest BCUT2D eigenvalue weighted by Gasteiger charge is 2.73. The molecule has 3 atom stereocenters. The Labute approximate surface area is 203 Å². The number of aliphatic hydroxyl groups is 1. The van der Waals surface area contributed by atoms with Crippen LogP contribution < -0.4 is 10.1 Å². The van der Waals surface area contributed by atoms with E-state index in [0.717, 1.165) is 0 Å². The number of hydrogen-bond acceptors (Lipinski definition) is 6. The molecule has 8 nitrogen and oxygen atoms in total. The lowest BCUT2D eigenvalue weighted by atomic mass is 9.43. The number of amides is 2. The van der Waals surface area contributed by atoms with Gasteiger partial charge in [0.2, 0.25) is 0 Å². The number of carbonyl (C=O) groups excluding carboxylic acids is 2. The number of ether oxygens (including phenoxy) is 3. The molecule has 2 heterocycles. The Balaban J connectivity index is 1.01. The molecule has 2 amide bonds. The summed E-state index contributed by atoms with van der Waals surface area (Å²) in [5.74, 6) is -0.0398. The number of benzene rings is 1. The van der Waals surface area contributed by atoms with Crippen LogP contribution in [-0.4, -0.2) is 64.3 Å². The Morgan fingerprint density at radius 2 is 1.91 bits per heavy atom. The number of halogens is 4. The number of rotatable bonds is 5. The minimum Gasteiger partial charge on any atom is -0.480 e. The van der Waals surface area contributed by atoms with Crippen LogP contribution in [0.25, 0.3) is 0 Å². The van der Waals surface area contributed by atoms with Crippen molar-refractivity contribution in [1.82, 2.24) is 10.2 Å². The molecule has 1 aromatic carbocycles. The molecule has 1 aromatic rings. The van der Waals surface area contributed by atoms with Crippen molar-refractivity contribution in [2.24, 2.45) is 5.92 Å². The van der Waals surface area contributed by atoms with Gasteiger partial charge < -0.3 is 19.9 Å². The molecule has 0 radical (unpaired) electrons. The predicted molar refractivity (Wildman–Crippen MR) is 114 cm³/mol. The van der Waals surface area contributed by atoms with Crippen LogP contribution >= 0.6 is 11.6 Å². The fourth-order valence-electron chi connectivity index (χ4n) is 6.39. The average Bonchev–Trinajstić information content (AvgIpc) is 3.06. The van der Waals surface area contributed by atoms with Crippen LogP contribution in [0.1, 0.15) is 50.2 Å². The van der Waals surface area contributed by atoms with Crippen LogP contribution in [0.2, 0.25) is 5.02 Å². The van der Waals surface area contributed by atoms with Gasteiger partial charge in [-0.15, -0.1) is 13.2 Å². The molecule has 5 fully saturated rings. The average molecular weight is 517 g/mol. The van der Waals surface area contributed by atoms with Crippen molar-refractivity contribution >= 4 is 23.6 Å². The van der Waals surface area contributed by atoms with Crippen LogP contribution in [0, 0.1) is 5.92 Å². The molecule has 7 rings (SSSR count). The van der Waals surface area contributed by atoms with Gasteiger partial charge in [0, 0.05) is 28.5 Å². The summed E-state index contributed by atoms with van der Waals surface area (Å²) in [6.07, 6.45) is -5.86. The molecule has 4 aliphatic carbocycles. The van der Waals surface area contributed by atoms with Gasteiger partial charge in [0.05, 0.1) is 24.3 Å². The maximum absolute atomic E-state index is 12.9. The van der Waals surface area contributed by atoms with Gasteiger partial charge in [0.25, 0.3) is 5.91 Å². The van der Waals surface area contributed by atoms with E-state index in [1.54, 1.807) is 23.1 Å². The second kappa shape index (κ2) is 7.63. The minimum absolute atomic E-state index is 0.112. The van der Waals surface area contributed by atoms with E-state index in [2.05, 4.69) is 10.1 Å². The van der Waals surface area contributed by atoms with Crippen molar-refractivity contribution in [1.29, 1.82) is 0 Å². The Hall–Kier alpha value is -2.24. The maximum atomic E-state index is 12.9. The molecule has 190 valence electrons. The van der Waals surface area contributed by atoms with E-state index >= 15 is 0 Å². The van der Waals surface area contributed by atoms with Crippen molar-refractivity contribution in [3.63, 3.8) is 0 Å². The van der Waals surface area contributed by atoms with Crippen molar-refractivity contribution in [3.05, 3.63) is 28.8 Å². The van der Waals surface area contributed by atoms with E-state index in [0.29, 0.717) is 42.1 Å². The first kappa shape index (κ1) is 23.2. The summed E-state index contributed by atoms with van der Waals surface area (Å²) in [4.78, 5) is 27.1. The lowest BCUT2D eigenvalue weighted by molar-refractivity contribution is -0.355. The molecule has 1 saturated heterocycles. The van der Waals surface area contributed by atoms with E-state index in [1.165, 1.54) is 0 Å². The summed E-state index contributed by atoms with van der Waals surface area (Å²) in [6.45, 7) is 0.337. The summed E-state index contributed by atoms with van der Waals surface area (Å²) in [6, 6.07) is 4.88. The molecular formula is C23H24ClF3N2O6. The monoisotopic (exact) mass is 516 g/mol. The largest absolute Gasteiger partial charge is 0.522 e. The second-order valence-electron chi connectivity index (χ2n) is 10.5. The van der Waals surface area contributed by atoms with E-state index in [4.69, 9.17) is 21.1 Å². The molecule has 1 unspecified atom stereocenters. The van der Waals surface area contributed by atoms with Gasteiger partial charge in [-0.1, -0.05) is 11.6 Å². The Morgan fingerprint density at radius 1 is 1.20 bits per heavy atom. The first-order valence-corrected chi connectivity index (χ1v) is 12.0. The molecule has 35 heavy (non-hydrogen) atoms. The number of alkyl halides is 3. The van der Waals surface area contributed by atoms with Gasteiger partial charge in [-0.2, -0.15) is 0 Å². The summed E-state index contributed by atoms with van der Waals surface area (Å²) in [5, 5.41) is 13.9. The van der Waals surface area contributed by atoms with Gasteiger partial charge in [0.15, 0.2) is 6.10 Å². The molecule has 6 aliphatic rings. The third kappa shape index (κ3) is 3.92. The fourth-order valence-corrected chi connectivity index (χ4v) is 6.57. The highest BCUT2D eigenvalue weighted by atomic mass is 35.5. The third-order valence-corrected chi connectivity index (χ3v) is 8.32. The molecule has 2 N–H and O–H groups in total. The first-order chi connectivity index (χ1) is 16.4. The van der Waals surface area contributed by atoms with E-state index in [1.807, 2.05) is 0 Å². The summed E-state index contributed by atoms with van der Waals surface area (Å²) < 4.78 is 52.3. The summed E-state index contributed by atoms with van der Waals surface area (Å²) in [7, 11) is 0. The number of nitrogens with one attached hydrogen (secondary N) is 1. The Morgan fingerprint density at radius 3 is 2.60 bits per heavy atom. The van der Waals surface area contributed by atoms with Gasteiger partial charge in [-0.3, -0.25) is 14.4 Å². The van der Waals surface area contributed by atoms with Gasteiger partial charge in [-0.05, 0) is 50.3 Å². The van der Waals surface area contributed by atoms with Crippen LogP contribution in [0.3, 0.4) is 0 Å². The summed E-state index contributed by atoms with van der Waals surface area (Å²) in [5.41, 5.74) is -0.261. The quantitative estimate of drug-likeness (QED) is 0.622. The smallest absolute Gasteiger partial charge is 0.480 e. The van der Waals surface area contributed by atoms with Gasteiger partial charge >= 0.3 is 12.5 Å². The van der Waals surface area contributed by atoms with Gasteiger partial charge in [0.1, 0.15) is 11.9 Å². The standard InChI is InChI=1S/C23H24ClF3N2O6/c24-12-1-2-16-14(5-12)15(30)6-17(33-16)19(31)28-21-8-22(9-21,10-21)29-7-18(34-20(29)32)11-3-13(4-11)35-23(25,26)27/h1-2,5,11,13,15,17-18,30H,3-4,6-10H2,(H,28,31)/t11?,13?,15-,17-,18?,21?,22?/m1/s1. The maximum Gasteiger partial charge on any atom is 0.522 e. The van der Waals surface area contributed by atoms with Crippen molar-refractivity contribution in [3.8, 4) is 5.75 Å². The zero-order valence-corrected chi connectivity index (χ0v) is 19.3. The first-order valence-electron chi connectivity index (χ1n) is 11.6. The van der Waals surface area contributed by atoms with Crippen molar-refractivity contribution in [2.75, 3.05) is 6.54 Å². The number of carbonyl (C=O) groups is 2. The minimum atomic E-state index is -4.66. The SMILES string of the molecule is O=C(NC12CC(N3CC(C4CC(OC(F)(F)F)C4)OC3=O)(C1)C2)[C@H]1C[C@@H](O)c2cc(Cl)ccc2O1. The zero-order valence-electron chi connectivity index (χ0n) is 18.5. The molecule has 2 aliphatic heterocycles. The molecule has 2 bridgehead atoms. The lowest BCUT2D eigenvalue weighted by Gasteiger charge is -2.72. The number of hydrogen-bond donors (Lipinski definition) is 2. The van der Waals surface area contributed by atoms with Crippen LogP contribution in [0.4, 0.5) is 18.0 Å². The molecule has 0 aromatic heterocycles. The number of cyclic esters (lactones) is 1. The predicted octanol–water partition coefficient (Wildman–Crippen LogP) is 3.45. The van der Waals surface area contributed by atoms with Crippen LogP contribution in [0.5, 0.6) is 5.75 Å². The number of nitrogens with zero attached hydrogens (tertiary/aromatic N) is 1. The van der Waals surface area contributed by atoms with Gasteiger partial charge in [-0.25, -0.2) is 4.79 Å². The topological polar surface area (TPSA) is 97.3 Å². The molecule has 4 saturated carbocycles. The Kier molecular flexibility index (Phi) is 5.05. The zero-order chi connectivity index (χ0) is 24.8. The number of aliphatic hydroxyl groups excluding tert-OH is 1. The number of fused-ring (bicyclic) bond motifs is 1. The van der Waals surface area contributed by atoms with Crippen molar-refractivity contribution < 1.29 is 42.1 Å². The van der Waals surface area contributed by atoms with Crippen molar-refractivity contribution in [2.45, 2.75) is 80.4 Å². The molecular weight excluding hydrogens is 493 g/mol. The van der Waals surface area contributed by atoms with Crippen LogP contribution in [-0.2, 0) is 14.3 Å². The second-order valence-corrected chi connectivity index (χ2v) is 11.0. The third-order valence-electron chi connectivity index (χ3n) is 8.09.